The van der Waals surface area contributed by atoms with Crippen molar-refractivity contribution in [1.29, 1.82) is 0 Å². The van der Waals surface area contributed by atoms with E-state index in [0.717, 1.165) is 0 Å². The largest absolute Gasteiger partial charge is 0.396 e. The number of rotatable bonds is 1. The second kappa shape index (κ2) is 3.61. The molecule has 0 aromatic carbocycles. The molecular weight excluding hydrogens is 160 g/mol. The van der Waals surface area contributed by atoms with E-state index >= 15 is 0 Å². The van der Waals surface area contributed by atoms with Gasteiger partial charge in [0, 0.05) is 6.61 Å². The first kappa shape index (κ1) is 11.0. The van der Waals surface area contributed by atoms with E-state index in [1.54, 1.807) is 0 Å². The van der Waals surface area contributed by atoms with E-state index in [1.165, 1.54) is 25.7 Å². The summed E-state index contributed by atoms with van der Waals surface area (Å²) in [5.74, 6) is 0.539. The molecule has 13 heavy (non-hydrogen) atoms. The van der Waals surface area contributed by atoms with Crippen molar-refractivity contribution >= 4 is 0 Å². The van der Waals surface area contributed by atoms with Crippen LogP contribution in [0.3, 0.4) is 0 Å². The first-order chi connectivity index (χ1) is 5.85. The molecule has 1 nitrogen and oxygen atoms in total. The lowest BCUT2D eigenvalue weighted by molar-refractivity contribution is 0.163. The van der Waals surface area contributed by atoms with Crippen LogP contribution in [0.2, 0.25) is 0 Å². The lowest BCUT2D eigenvalue weighted by Gasteiger charge is -2.32. The van der Waals surface area contributed by atoms with E-state index in [-0.39, 0.29) is 0 Å². The van der Waals surface area contributed by atoms with E-state index < -0.39 is 0 Å². The normalized spacial score (nSPS) is 32.5. The standard InChI is InChI=1S/C12H24O/c1-11(2)6-5-10(8-13)7-12(3,4)9-11/h10,13H,5-9H2,1-4H3. The van der Waals surface area contributed by atoms with Crippen LogP contribution in [0.4, 0.5) is 0 Å². The van der Waals surface area contributed by atoms with Crippen LogP contribution in [-0.4, -0.2) is 11.7 Å². The third-order valence-electron chi connectivity index (χ3n) is 3.29. The van der Waals surface area contributed by atoms with Crippen LogP contribution in [-0.2, 0) is 0 Å². The first-order valence-electron chi connectivity index (χ1n) is 5.46. The molecule has 1 N–H and O–H groups in total. The predicted molar refractivity (Wildman–Crippen MR) is 56.6 cm³/mol. The Bertz CT molecular complexity index is 170. The SMILES string of the molecule is CC1(C)CCC(CO)CC(C)(C)C1. The minimum Gasteiger partial charge on any atom is -0.396 e. The second-order valence-corrected chi connectivity index (χ2v) is 6.30. The zero-order chi connectivity index (χ0) is 10.1. The van der Waals surface area contributed by atoms with Gasteiger partial charge < -0.3 is 5.11 Å². The molecule has 1 rings (SSSR count). The van der Waals surface area contributed by atoms with Crippen LogP contribution >= 0.6 is 0 Å². The Kier molecular flexibility index (Phi) is 3.06. The Labute approximate surface area is 82.5 Å². The molecule has 0 saturated heterocycles. The molecule has 0 radical (unpaired) electrons. The van der Waals surface area contributed by atoms with Gasteiger partial charge in [0.1, 0.15) is 0 Å². The summed E-state index contributed by atoms with van der Waals surface area (Å²) >= 11 is 0. The van der Waals surface area contributed by atoms with Gasteiger partial charge in [0.25, 0.3) is 0 Å². The molecule has 1 atom stereocenters. The smallest absolute Gasteiger partial charge is 0.0459 e. The van der Waals surface area contributed by atoms with Crippen molar-refractivity contribution in [2.45, 2.75) is 53.4 Å². The highest BCUT2D eigenvalue weighted by Gasteiger charge is 2.34. The summed E-state index contributed by atoms with van der Waals surface area (Å²) in [5, 5.41) is 9.22. The maximum Gasteiger partial charge on any atom is 0.0459 e. The fourth-order valence-corrected chi connectivity index (χ4v) is 3.09. The summed E-state index contributed by atoms with van der Waals surface area (Å²) in [6, 6.07) is 0. The molecule has 1 aliphatic rings. The van der Waals surface area contributed by atoms with Crippen molar-refractivity contribution < 1.29 is 5.11 Å². The molecule has 0 bridgehead atoms. The molecule has 0 aliphatic heterocycles. The Morgan fingerprint density at radius 1 is 1.15 bits per heavy atom. The van der Waals surface area contributed by atoms with Gasteiger partial charge in [-0.15, -0.1) is 0 Å². The summed E-state index contributed by atoms with van der Waals surface area (Å²) in [4.78, 5) is 0. The van der Waals surface area contributed by atoms with Crippen LogP contribution in [0, 0.1) is 16.7 Å². The lowest BCUT2D eigenvalue weighted by atomic mass is 9.74. The van der Waals surface area contributed by atoms with Crippen LogP contribution in [0.25, 0.3) is 0 Å². The fraction of sp³-hybridized carbons (Fsp3) is 1.00. The average Bonchev–Trinajstić information content (AvgIpc) is 2.04. The van der Waals surface area contributed by atoms with Gasteiger partial charge in [0.05, 0.1) is 0 Å². The van der Waals surface area contributed by atoms with E-state index in [1.807, 2.05) is 0 Å². The van der Waals surface area contributed by atoms with Gasteiger partial charge in [-0.1, -0.05) is 27.7 Å². The molecule has 0 heterocycles. The van der Waals surface area contributed by atoms with Gasteiger partial charge in [-0.05, 0) is 42.4 Å². The zero-order valence-electron chi connectivity index (χ0n) is 9.56. The number of hydrogen-bond donors (Lipinski definition) is 1. The second-order valence-electron chi connectivity index (χ2n) is 6.30. The van der Waals surface area contributed by atoms with Gasteiger partial charge >= 0.3 is 0 Å². The molecule has 78 valence electrons. The molecule has 1 saturated carbocycles. The van der Waals surface area contributed by atoms with E-state index in [2.05, 4.69) is 27.7 Å². The molecule has 0 amide bonds. The zero-order valence-corrected chi connectivity index (χ0v) is 9.56. The Morgan fingerprint density at radius 3 is 2.31 bits per heavy atom. The summed E-state index contributed by atoms with van der Waals surface area (Å²) in [5.41, 5.74) is 0.876. The molecule has 1 unspecified atom stereocenters. The predicted octanol–water partition coefficient (Wildman–Crippen LogP) is 3.22. The van der Waals surface area contributed by atoms with Gasteiger partial charge in [0.2, 0.25) is 0 Å². The van der Waals surface area contributed by atoms with E-state index in [0.29, 0.717) is 23.4 Å². The van der Waals surface area contributed by atoms with Gasteiger partial charge in [0.15, 0.2) is 0 Å². The third kappa shape index (κ3) is 3.30. The van der Waals surface area contributed by atoms with Crippen molar-refractivity contribution in [3.05, 3.63) is 0 Å². The highest BCUT2D eigenvalue weighted by molar-refractivity contribution is 4.85. The average molecular weight is 184 g/mol. The summed E-state index contributed by atoms with van der Waals surface area (Å²) < 4.78 is 0. The number of aliphatic hydroxyl groups is 1. The lowest BCUT2D eigenvalue weighted by Crippen LogP contribution is -2.21. The summed E-state index contributed by atoms with van der Waals surface area (Å²) in [6.07, 6.45) is 4.94. The molecule has 1 fully saturated rings. The first-order valence-corrected chi connectivity index (χ1v) is 5.46. The summed E-state index contributed by atoms with van der Waals surface area (Å²) in [7, 11) is 0. The van der Waals surface area contributed by atoms with Crippen LogP contribution in [0.1, 0.15) is 53.4 Å². The highest BCUT2D eigenvalue weighted by Crippen LogP contribution is 2.45. The van der Waals surface area contributed by atoms with Crippen molar-refractivity contribution in [3.63, 3.8) is 0 Å². The quantitative estimate of drug-likeness (QED) is 0.620. The van der Waals surface area contributed by atoms with Crippen molar-refractivity contribution in [3.8, 4) is 0 Å². The molecule has 1 aliphatic carbocycles. The van der Waals surface area contributed by atoms with E-state index in [9.17, 15) is 5.11 Å². The van der Waals surface area contributed by atoms with Crippen molar-refractivity contribution in [2.75, 3.05) is 6.61 Å². The topological polar surface area (TPSA) is 20.2 Å². The maximum atomic E-state index is 9.22. The fourth-order valence-electron chi connectivity index (χ4n) is 3.09. The third-order valence-corrected chi connectivity index (χ3v) is 3.29. The highest BCUT2D eigenvalue weighted by atomic mass is 16.3. The van der Waals surface area contributed by atoms with Crippen LogP contribution in [0.15, 0.2) is 0 Å². The summed E-state index contributed by atoms with van der Waals surface area (Å²) in [6.45, 7) is 9.76. The molecule has 0 spiro atoms. The van der Waals surface area contributed by atoms with Gasteiger partial charge in [-0.25, -0.2) is 0 Å². The molecule has 1 heteroatoms. The number of hydrogen-bond acceptors (Lipinski definition) is 1. The monoisotopic (exact) mass is 184 g/mol. The van der Waals surface area contributed by atoms with E-state index in [4.69, 9.17) is 0 Å². The number of aliphatic hydroxyl groups excluding tert-OH is 1. The molecular formula is C12H24O. The van der Waals surface area contributed by atoms with Crippen LogP contribution < -0.4 is 0 Å². The molecule has 0 aromatic rings. The Hall–Kier alpha value is -0.0400. The van der Waals surface area contributed by atoms with Crippen molar-refractivity contribution in [2.24, 2.45) is 16.7 Å². The molecule has 0 aromatic heterocycles. The van der Waals surface area contributed by atoms with Gasteiger partial charge in [-0.3, -0.25) is 0 Å². The maximum absolute atomic E-state index is 9.22. The van der Waals surface area contributed by atoms with Crippen molar-refractivity contribution in [1.82, 2.24) is 0 Å². The Balaban J connectivity index is 2.69. The van der Waals surface area contributed by atoms with Gasteiger partial charge in [-0.2, -0.15) is 0 Å². The minimum atomic E-state index is 0.375. The Morgan fingerprint density at radius 2 is 1.77 bits per heavy atom. The van der Waals surface area contributed by atoms with Crippen LogP contribution in [0.5, 0.6) is 0 Å². The minimum absolute atomic E-state index is 0.375.